The molecule has 0 unspecified atom stereocenters. The summed E-state index contributed by atoms with van der Waals surface area (Å²) in [6, 6.07) is 25.9. The third-order valence-corrected chi connectivity index (χ3v) is 7.03. The number of nitrogens with zero attached hydrogens (tertiary/aromatic N) is 1. The Balaban J connectivity index is 1.65. The molecule has 0 saturated carbocycles. The molecule has 42 heavy (non-hydrogen) atoms. The highest BCUT2D eigenvalue weighted by molar-refractivity contribution is 5.98. The zero-order chi connectivity index (χ0) is 30.2. The summed E-state index contributed by atoms with van der Waals surface area (Å²) < 4.78 is 0. The predicted molar refractivity (Wildman–Crippen MR) is 158 cm³/mol. The first kappa shape index (κ1) is 29.8. The smallest absolute Gasteiger partial charge is 0.272 e. The van der Waals surface area contributed by atoms with E-state index in [1.165, 1.54) is 36.4 Å². The second kappa shape index (κ2) is 13.5. The zero-order valence-electron chi connectivity index (χ0n) is 23.3. The molecule has 3 amide bonds. The maximum atomic E-state index is 13.9. The van der Waals surface area contributed by atoms with Crippen molar-refractivity contribution >= 4 is 17.7 Å². The average molecular weight is 568 g/mol. The van der Waals surface area contributed by atoms with Gasteiger partial charge in [0.1, 0.15) is 11.5 Å². The van der Waals surface area contributed by atoms with Crippen molar-refractivity contribution in [3.05, 3.63) is 130 Å². The first-order valence-corrected chi connectivity index (χ1v) is 13.4. The highest BCUT2D eigenvalue weighted by Gasteiger charge is 2.33. The van der Waals surface area contributed by atoms with E-state index in [1.807, 2.05) is 24.3 Å². The van der Waals surface area contributed by atoms with Crippen molar-refractivity contribution in [2.45, 2.75) is 39.0 Å². The van der Waals surface area contributed by atoms with Crippen molar-refractivity contribution in [2.75, 3.05) is 0 Å². The van der Waals surface area contributed by atoms with E-state index >= 15 is 0 Å². The van der Waals surface area contributed by atoms with Gasteiger partial charge in [0.05, 0.1) is 12.6 Å². The van der Waals surface area contributed by atoms with E-state index in [-0.39, 0.29) is 35.6 Å². The van der Waals surface area contributed by atoms with Crippen LogP contribution in [0.2, 0.25) is 0 Å². The molecule has 0 aliphatic carbocycles. The third-order valence-electron chi connectivity index (χ3n) is 7.03. The number of carbonyl (C=O) groups is 3. The van der Waals surface area contributed by atoms with Gasteiger partial charge in [-0.2, -0.15) is 0 Å². The molecule has 4 aromatic carbocycles. The molecule has 0 spiro atoms. The molecule has 9 heteroatoms. The third kappa shape index (κ3) is 7.13. The number of hydrogen-bond acceptors (Lipinski definition) is 6. The summed E-state index contributed by atoms with van der Waals surface area (Å²) in [7, 11) is 0. The van der Waals surface area contributed by atoms with Gasteiger partial charge in [-0.3, -0.25) is 19.8 Å². The lowest BCUT2D eigenvalue weighted by atomic mass is 9.99. The summed E-state index contributed by atoms with van der Waals surface area (Å²) in [5.74, 6) is -2.21. The molecule has 2 atom stereocenters. The Morgan fingerprint density at radius 3 is 1.74 bits per heavy atom. The van der Waals surface area contributed by atoms with E-state index in [0.29, 0.717) is 16.7 Å². The van der Waals surface area contributed by atoms with E-state index in [9.17, 15) is 29.7 Å². The number of nitrogens with one attached hydrogen (secondary N) is 2. The Bertz CT molecular complexity index is 1560. The molecule has 216 valence electrons. The molecule has 0 saturated heterocycles. The van der Waals surface area contributed by atoms with Crippen molar-refractivity contribution in [1.82, 2.24) is 15.8 Å². The van der Waals surface area contributed by atoms with Crippen molar-refractivity contribution < 1.29 is 29.7 Å². The van der Waals surface area contributed by atoms with Crippen LogP contribution in [-0.2, 0) is 17.8 Å². The van der Waals surface area contributed by atoms with Crippen LogP contribution in [0.15, 0.2) is 97.1 Å². The molecule has 0 fully saturated rings. The molecule has 0 aliphatic heterocycles. The average Bonchev–Trinajstić information content (AvgIpc) is 2.99. The van der Waals surface area contributed by atoms with E-state index in [2.05, 4.69) is 10.7 Å². The van der Waals surface area contributed by atoms with Gasteiger partial charge >= 0.3 is 0 Å². The van der Waals surface area contributed by atoms with Gasteiger partial charge in [-0.1, -0.05) is 72.8 Å². The summed E-state index contributed by atoms with van der Waals surface area (Å²) in [4.78, 5) is 40.4. The van der Waals surface area contributed by atoms with Gasteiger partial charge in [0, 0.05) is 22.3 Å². The lowest BCUT2D eigenvalue weighted by Crippen LogP contribution is -2.56. The number of rotatable bonds is 9. The second-order valence-corrected chi connectivity index (χ2v) is 9.96. The summed E-state index contributed by atoms with van der Waals surface area (Å²) in [5, 5.41) is 35.4. The Kier molecular flexibility index (Phi) is 9.57. The van der Waals surface area contributed by atoms with Crippen molar-refractivity contribution in [3.8, 4) is 11.5 Å². The van der Waals surface area contributed by atoms with Gasteiger partial charge < -0.3 is 20.6 Å². The molecule has 4 rings (SSSR count). The monoisotopic (exact) mass is 567 g/mol. The molecular formula is C33H33N3O6. The number of benzene rings is 4. The molecule has 0 aromatic heterocycles. The van der Waals surface area contributed by atoms with Crippen LogP contribution in [0.5, 0.6) is 11.5 Å². The summed E-state index contributed by atoms with van der Waals surface area (Å²) in [6.45, 7) is 3.10. The number of phenolic OH excluding ortho intramolecular Hbond substituents is 2. The highest BCUT2D eigenvalue weighted by atomic mass is 16.3. The number of hydrogen-bond donors (Lipinski definition) is 5. The summed E-state index contributed by atoms with van der Waals surface area (Å²) >= 11 is 0. The van der Waals surface area contributed by atoms with Gasteiger partial charge in [-0.05, 0) is 55.7 Å². The van der Waals surface area contributed by atoms with Crippen molar-refractivity contribution in [1.29, 1.82) is 0 Å². The molecule has 0 heterocycles. The van der Waals surface area contributed by atoms with E-state index in [1.54, 1.807) is 50.2 Å². The van der Waals surface area contributed by atoms with Crippen LogP contribution in [0.4, 0.5) is 0 Å². The first-order valence-electron chi connectivity index (χ1n) is 13.4. The molecule has 0 aliphatic rings. The number of phenols is 2. The summed E-state index contributed by atoms with van der Waals surface area (Å²) in [6.07, 6.45) is -1.66. The van der Waals surface area contributed by atoms with Crippen LogP contribution in [0, 0.1) is 13.8 Å². The standard InChI is InChI=1S/C33H33N3O6/c1-21-25(15-9-17-28(21)37)31(40)34-27(19-23-11-5-3-6-12-23)30(39)33(42)36(20-24-13-7-4-8-14-24)35-32(41)26-16-10-18-29(38)22(26)2/h3-18,27,30,37-39H,19-20H2,1-2H3,(H,34,40)(H,35,41)/t27-,30-/m0/s1. The largest absolute Gasteiger partial charge is 0.508 e. The Morgan fingerprint density at radius 1 is 0.690 bits per heavy atom. The minimum atomic E-state index is -1.76. The number of carbonyl (C=O) groups excluding carboxylic acids is 3. The van der Waals surface area contributed by atoms with Crippen LogP contribution in [0.1, 0.15) is 43.0 Å². The van der Waals surface area contributed by atoms with Crippen LogP contribution < -0.4 is 10.7 Å². The van der Waals surface area contributed by atoms with Gasteiger partial charge in [0.25, 0.3) is 17.7 Å². The molecule has 0 radical (unpaired) electrons. The summed E-state index contributed by atoms with van der Waals surface area (Å²) in [5.41, 5.74) is 5.06. The minimum Gasteiger partial charge on any atom is -0.508 e. The van der Waals surface area contributed by atoms with E-state index in [0.717, 1.165) is 10.6 Å². The van der Waals surface area contributed by atoms with Gasteiger partial charge in [0.2, 0.25) is 0 Å². The predicted octanol–water partition coefficient (Wildman–Crippen LogP) is 3.79. The van der Waals surface area contributed by atoms with Gasteiger partial charge in [-0.15, -0.1) is 0 Å². The lowest BCUT2D eigenvalue weighted by molar-refractivity contribution is -0.144. The number of aliphatic hydroxyl groups excluding tert-OH is 1. The fourth-order valence-electron chi connectivity index (χ4n) is 4.55. The molecule has 5 N–H and O–H groups in total. The zero-order valence-corrected chi connectivity index (χ0v) is 23.3. The Labute approximate surface area is 244 Å². The highest BCUT2D eigenvalue weighted by Crippen LogP contribution is 2.21. The fourth-order valence-corrected chi connectivity index (χ4v) is 4.55. The number of aromatic hydroxyl groups is 2. The molecule has 0 bridgehead atoms. The van der Waals surface area contributed by atoms with Crippen LogP contribution in [0.25, 0.3) is 0 Å². The Morgan fingerprint density at radius 2 is 1.19 bits per heavy atom. The minimum absolute atomic E-state index is 0.0575. The normalized spacial score (nSPS) is 12.2. The maximum absolute atomic E-state index is 13.9. The number of aliphatic hydroxyl groups is 1. The topological polar surface area (TPSA) is 139 Å². The quantitative estimate of drug-likeness (QED) is 0.195. The number of hydrazine groups is 1. The maximum Gasteiger partial charge on any atom is 0.272 e. The van der Waals surface area contributed by atoms with Gasteiger partial charge in [-0.25, -0.2) is 5.01 Å². The molecule has 9 nitrogen and oxygen atoms in total. The fraction of sp³-hybridized carbons (Fsp3) is 0.182. The molecular weight excluding hydrogens is 534 g/mol. The van der Waals surface area contributed by atoms with Crippen molar-refractivity contribution in [3.63, 3.8) is 0 Å². The SMILES string of the molecule is Cc1c(O)cccc1C(=O)N[C@@H](Cc1ccccc1)[C@H](O)C(=O)N(Cc1ccccc1)NC(=O)c1cccc(O)c1C. The van der Waals surface area contributed by atoms with E-state index in [4.69, 9.17) is 0 Å². The van der Waals surface area contributed by atoms with Crippen LogP contribution in [-0.4, -0.2) is 50.2 Å². The second-order valence-electron chi connectivity index (χ2n) is 9.96. The first-order chi connectivity index (χ1) is 20.2. The Hall–Kier alpha value is -5.15. The molecule has 4 aromatic rings. The lowest BCUT2D eigenvalue weighted by Gasteiger charge is -2.30. The van der Waals surface area contributed by atoms with Gasteiger partial charge in [0.15, 0.2) is 6.10 Å². The van der Waals surface area contributed by atoms with Crippen molar-refractivity contribution in [2.24, 2.45) is 0 Å². The number of amides is 3. The van der Waals surface area contributed by atoms with E-state index < -0.39 is 29.9 Å². The van der Waals surface area contributed by atoms with Crippen LogP contribution in [0.3, 0.4) is 0 Å². The van der Waals surface area contributed by atoms with Crippen LogP contribution >= 0.6 is 0 Å².